The Morgan fingerprint density at radius 2 is 1.85 bits per heavy atom. The van der Waals surface area contributed by atoms with E-state index in [-0.39, 0.29) is 18.0 Å². The second-order valence-electron chi connectivity index (χ2n) is 5.18. The van der Waals surface area contributed by atoms with Crippen LogP contribution in [0.1, 0.15) is 39.7 Å². The number of nitrogens with zero attached hydrogens (tertiary/aromatic N) is 1. The Bertz CT molecular complexity index is 453. The first-order valence-electron chi connectivity index (χ1n) is 7.10. The van der Waals surface area contributed by atoms with Crippen molar-refractivity contribution in [1.29, 1.82) is 0 Å². The summed E-state index contributed by atoms with van der Waals surface area (Å²) in [6.07, 6.45) is 1.02. The maximum absolute atomic E-state index is 13.4. The van der Waals surface area contributed by atoms with E-state index in [4.69, 9.17) is 0 Å². The Hall–Kier alpha value is -0.740. The molecule has 0 aliphatic rings. The normalized spacial score (nSPS) is 14.3. The summed E-state index contributed by atoms with van der Waals surface area (Å²) in [7, 11) is 0. The summed E-state index contributed by atoms with van der Waals surface area (Å²) >= 11 is 3.26. The van der Waals surface area contributed by atoms with Crippen LogP contribution in [0.25, 0.3) is 0 Å². The number of Topliss-reactive ketones (excluding diaryl/α,β-unsaturated/α-hetero) is 1. The molecule has 2 nitrogen and oxygen atoms in total. The first-order valence-corrected chi connectivity index (χ1v) is 7.90. The first kappa shape index (κ1) is 17.3. The minimum atomic E-state index is -0.484. The van der Waals surface area contributed by atoms with Gasteiger partial charge in [0.25, 0.3) is 0 Å². The lowest BCUT2D eigenvalue weighted by Crippen LogP contribution is -2.52. The third-order valence-electron chi connectivity index (χ3n) is 4.04. The van der Waals surface area contributed by atoms with Crippen LogP contribution < -0.4 is 0 Å². The summed E-state index contributed by atoms with van der Waals surface area (Å²) in [6.45, 7) is 9.79. The van der Waals surface area contributed by atoms with Gasteiger partial charge in [-0.1, -0.05) is 36.7 Å². The lowest BCUT2D eigenvalue weighted by Gasteiger charge is -2.38. The van der Waals surface area contributed by atoms with E-state index in [1.807, 2.05) is 13.8 Å². The van der Waals surface area contributed by atoms with Crippen molar-refractivity contribution in [2.75, 3.05) is 13.1 Å². The number of hydrogen-bond donors (Lipinski definition) is 0. The number of rotatable bonds is 7. The van der Waals surface area contributed by atoms with Gasteiger partial charge in [0, 0.05) is 10.9 Å². The van der Waals surface area contributed by atoms with E-state index in [1.165, 1.54) is 12.1 Å². The fourth-order valence-electron chi connectivity index (χ4n) is 2.61. The number of likely N-dealkylation sites (N-methyl/N-ethyl adjacent to an activating group) is 1. The van der Waals surface area contributed by atoms with Crippen LogP contribution in [0.2, 0.25) is 0 Å². The highest BCUT2D eigenvalue weighted by atomic mass is 79.9. The summed E-state index contributed by atoms with van der Waals surface area (Å²) < 4.78 is 14.1. The van der Waals surface area contributed by atoms with Crippen molar-refractivity contribution in [2.45, 2.75) is 46.1 Å². The van der Waals surface area contributed by atoms with Crippen LogP contribution >= 0.6 is 15.9 Å². The molecule has 112 valence electrons. The van der Waals surface area contributed by atoms with Crippen LogP contribution in [0.4, 0.5) is 4.39 Å². The van der Waals surface area contributed by atoms with Gasteiger partial charge in [-0.2, -0.15) is 0 Å². The van der Waals surface area contributed by atoms with Crippen molar-refractivity contribution < 1.29 is 9.18 Å². The zero-order valence-electron chi connectivity index (χ0n) is 12.7. The molecule has 0 spiro atoms. The molecule has 0 amide bonds. The minimum absolute atomic E-state index is 0.140. The number of carbonyl (C=O) groups is 1. The van der Waals surface area contributed by atoms with E-state index < -0.39 is 5.54 Å². The SMILES string of the molecule is CCN(CC)C(C)(CC)C(=O)Cc1cc(F)cc(Br)c1. The molecule has 0 fully saturated rings. The highest BCUT2D eigenvalue weighted by Crippen LogP contribution is 2.24. The molecule has 0 aliphatic heterocycles. The molecule has 1 aromatic carbocycles. The van der Waals surface area contributed by atoms with Gasteiger partial charge in [0.15, 0.2) is 5.78 Å². The van der Waals surface area contributed by atoms with Crippen LogP contribution in [0.15, 0.2) is 22.7 Å². The van der Waals surface area contributed by atoms with Gasteiger partial charge in [0.05, 0.1) is 5.54 Å². The van der Waals surface area contributed by atoms with Crippen molar-refractivity contribution in [1.82, 2.24) is 4.90 Å². The van der Waals surface area contributed by atoms with Crippen molar-refractivity contribution in [2.24, 2.45) is 0 Å². The highest BCUT2D eigenvalue weighted by Gasteiger charge is 2.35. The zero-order valence-corrected chi connectivity index (χ0v) is 14.3. The first-order chi connectivity index (χ1) is 9.37. The van der Waals surface area contributed by atoms with Gasteiger partial charge < -0.3 is 0 Å². The summed E-state index contributed by atoms with van der Waals surface area (Å²) in [6, 6.07) is 4.64. The molecular formula is C16H23BrFNO. The average molecular weight is 344 g/mol. The topological polar surface area (TPSA) is 20.3 Å². The van der Waals surface area contributed by atoms with Crippen molar-refractivity contribution in [3.8, 4) is 0 Å². The molecule has 0 bridgehead atoms. The van der Waals surface area contributed by atoms with Gasteiger partial charge >= 0.3 is 0 Å². The molecule has 0 aliphatic carbocycles. The minimum Gasteiger partial charge on any atom is -0.297 e. The Morgan fingerprint density at radius 3 is 2.30 bits per heavy atom. The zero-order chi connectivity index (χ0) is 15.3. The quantitative estimate of drug-likeness (QED) is 0.739. The van der Waals surface area contributed by atoms with Gasteiger partial charge in [-0.05, 0) is 50.2 Å². The van der Waals surface area contributed by atoms with Crippen LogP contribution in [0.5, 0.6) is 0 Å². The highest BCUT2D eigenvalue weighted by molar-refractivity contribution is 9.10. The molecule has 0 heterocycles. The average Bonchev–Trinajstić information content (AvgIpc) is 2.38. The summed E-state index contributed by atoms with van der Waals surface area (Å²) in [5.41, 5.74) is 0.233. The monoisotopic (exact) mass is 343 g/mol. The van der Waals surface area contributed by atoms with Crippen LogP contribution in [-0.2, 0) is 11.2 Å². The number of benzene rings is 1. The van der Waals surface area contributed by atoms with E-state index in [0.717, 1.165) is 19.5 Å². The largest absolute Gasteiger partial charge is 0.297 e. The molecule has 0 saturated carbocycles. The Kier molecular flexibility index (Phi) is 6.34. The third kappa shape index (κ3) is 3.89. The Balaban J connectivity index is 2.97. The van der Waals surface area contributed by atoms with E-state index in [0.29, 0.717) is 10.0 Å². The van der Waals surface area contributed by atoms with Gasteiger partial charge in [0.1, 0.15) is 5.82 Å². The number of ketones is 1. The van der Waals surface area contributed by atoms with Gasteiger partial charge in [-0.3, -0.25) is 9.69 Å². The molecule has 1 aromatic rings. The molecule has 20 heavy (non-hydrogen) atoms. The second-order valence-corrected chi connectivity index (χ2v) is 6.09. The van der Waals surface area contributed by atoms with Gasteiger partial charge in [0.2, 0.25) is 0 Å². The lowest BCUT2D eigenvalue weighted by atomic mass is 9.87. The number of hydrogen-bond acceptors (Lipinski definition) is 2. The van der Waals surface area contributed by atoms with Crippen LogP contribution in [0, 0.1) is 5.82 Å². The van der Waals surface area contributed by atoms with E-state index in [2.05, 4.69) is 34.7 Å². The molecular weight excluding hydrogens is 321 g/mol. The standard InChI is InChI=1S/C16H23BrFNO/c1-5-16(4,19(6-2)7-3)15(20)10-12-8-13(17)11-14(18)9-12/h8-9,11H,5-7,10H2,1-4H3. The molecule has 4 heteroatoms. The van der Waals surface area contributed by atoms with Crippen molar-refractivity contribution in [3.05, 3.63) is 34.1 Å². The van der Waals surface area contributed by atoms with Crippen molar-refractivity contribution >= 4 is 21.7 Å². The third-order valence-corrected chi connectivity index (χ3v) is 4.50. The fraction of sp³-hybridized carbons (Fsp3) is 0.562. The molecule has 1 unspecified atom stereocenters. The molecule has 0 radical (unpaired) electrons. The van der Waals surface area contributed by atoms with Crippen molar-refractivity contribution in [3.63, 3.8) is 0 Å². The summed E-state index contributed by atoms with van der Waals surface area (Å²) in [4.78, 5) is 14.8. The molecule has 0 N–H and O–H groups in total. The maximum Gasteiger partial charge on any atom is 0.157 e. The van der Waals surface area contributed by atoms with Crippen LogP contribution in [0.3, 0.4) is 0 Å². The Labute approximate surface area is 129 Å². The van der Waals surface area contributed by atoms with Crippen LogP contribution in [-0.4, -0.2) is 29.3 Å². The second kappa shape index (κ2) is 7.32. The van der Waals surface area contributed by atoms with Gasteiger partial charge in [-0.25, -0.2) is 4.39 Å². The maximum atomic E-state index is 13.4. The predicted molar refractivity (Wildman–Crippen MR) is 84.4 cm³/mol. The fourth-order valence-corrected chi connectivity index (χ4v) is 3.12. The molecule has 1 rings (SSSR count). The molecule has 1 atom stereocenters. The Morgan fingerprint density at radius 1 is 1.25 bits per heavy atom. The van der Waals surface area contributed by atoms with E-state index in [1.54, 1.807) is 6.07 Å². The summed E-state index contributed by atoms with van der Waals surface area (Å²) in [5, 5.41) is 0. The van der Waals surface area contributed by atoms with E-state index in [9.17, 15) is 9.18 Å². The summed E-state index contributed by atoms with van der Waals surface area (Å²) in [5.74, 6) is -0.176. The number of carbonyl (C=O) groups excluding carboxylic acids is 1. The lowest BCUT2D eigenvalue weighted by molar-refractivity contribution is -0.129. The molecule has 0 aromatic heterocycles. The predicted octanol–water partition coefficient (Wildman–Crippen LogP) is 4.21. The van der Waals surface area contributed by atoms with E-state index >= 15 is 0 Å². The molecule has 0 saturated heterocycles. The van der Waals surface area contributed by atoms with Gasteiger partial charge in [-0.15, -0.1) is 0 Å². The smallest absolute Gasteiger partial charge is 0.157 e. The number of halogens is 2.